The van der Waals surface area contributed by atoms with E-state index in [0.29, 0.717) is 44.7 Å². The van der Waals surface area contributed by atoms with Crippen LogP contribution in [-0.4, -0.2) is 37.5 Å². The quantitative estimate of drug-likeness (QED) is 0.222. The Morgan fingerprint density at radius 3 is 2.20 bits per heavy atom. The molecule has 40 heavy (non-hydrogen) atoms. The molecule has 1 unspecified atom stereocenters. The third-order valence-electron chi connectivity index (χ3n) is 6.45. The van der Waals surface area contributed by atoms with E-state index in [-0.39, 0.29) is 5.91 Å². The van der Waals surface area contributed by atoms with E-state index in [2.05, 4.69) is 11.4 Å². The standard InChI is InChI=1S/C32H31N3O4S/c1-19-12-13-20(2)26(14-19)34-31(36)21(3)40-32-25(18-33)24(17-27(35-32)22-10-8-7-9-11-22)23-15-28(37-4)30(39-6)29(16-23)38-5/h7-17,21H,1-6H3,(H,34,36). The smallest absolute Gasteiger partial charge is 0.237 e. The summed E-state index contributed by atoms with van der Waals surface area (Å²) in [4.78, 5) is 18.1. The average Bonchev–Trinajstić information content (AvgIpc) is 2.98. The van der Waals surface area contributed by atoms with Crippen LogP contribution >= 0.6 is 11.8 Å². The fraction of sp³-hybridized carbons (Fsp3) is 0.219. The van der Waals surface area contributed by atoms with Crippen LogP contribution in [0.4, 0.5) is 5.69 Å². The van der Waals surface area contributed by atoms with Crippen molar-refractivity contribution in [3.63, 3.8) is 0 Å². The predicted molar refractivity (Wildman–Crippen MR) is 159 cm³/mol. The van der Waals surface area contributed by atoms with E-state index in [0.717, 1.165) is 22.4 Å². The number of hydrogen-bond acceptors (Lipinski definition) is 7. The minimum atomic E-state index is -0.529. The van der Waals surface area contributed by atoms with Crippen molar-refractivity contribution in [3.8, 4) is 45.7 Å². The Morgan fingerprint density at radius 2 is 1.60 bits per heavy atom. The van der Waals surface area contributed by atoms with E-state index in [1.165, 1.54) is 11.8 Å². The number of carbonyl (C=O) groups is 1. The van der Waals surface area contributed by atoms with Gasteiger partial charge >= 0.3 is 0 Å². The monoisotopic (exact) mass is 553 g/mol. The maximum Gasteiger partial charge on any atom is 0.237 e. The predicted octanol–water partition coefficient (Wildman–Crippen LogP) is 7.05. The van der Waals surface area contributed by atoms with Gasteiger partial charge in [-0.15, -0.1) is 0 Å². The summed E-state index contributed by atoms with van der Waals surface area (Å²) >= 11 is 1.24. The zero-order valence-electron chi connectivity index (χ0n) is 23.4. The number of nitrogens with zero attached hydrogens (tertiary/aromatic N) is 2. The van der Waals surface area contributed by atoms with Crippen LogP contribution in [0.1, 0.15) is 23.6 Å². The SMILES string of the molecule is COc1cc(-c2cc(-c3ccccc3)nc(SC(C)C(=O)Nc3cc(C)ccc3C)c2C#N)cc(OC)c1OC. The third kappa shape index (κ3) is 6.05. The van der Waals surface area contributed by atoms with Gasteiger partial charge < -0.3 is 19.5 Å². The Morgan fingerprint density at radius 1 is 0.925 bits per heavy atom. The third-order valence-corrected chi connectivity index (χ3v) is 7.54. The van der Waals surface area contributed by atoms with Crippen molar-refractivity contribution in [2.75, 3.05) is 26.6 Å². The first-order valence-corrected chi connectivity index (χ1v) is 13.5. The van der Waals surface area contributed by atoms with Crippen molar-refractivity contribution >= 4 is 23.4 Å². The molecule has 4 rings (SSSR count). The minimum absolute atomic E-state index is 0.177. The van der Waals surface area contributed by atoms with Crippen LogP contribution in [0.2, 0.25) is 0 Å². The molecule has 8 heteroatoms. The molecule has 1 N–H and O–H groups in total. The van der Waals surface area contributed by atoms with Crippen LogP contribution < -0.4 is 19.5 Å². The highest BCUT2D eigenvalue weighted by molar-refractivity contribution is 8.00. The molecule has 0 saturated heterocycles. The number of carbonyl (C=O) groups excluding carboxylic acids is 1. The molecule has 0 bridgehead atoms. The van der Waals surface area contributed by atoms with Gasteiger partial charge in [-0.05, 0) is 61.7 Å². The summed E-state index contributed by atoms with van der Waals surface area (Å²) in [6.45, 7) is 5.74. The first-order chi connectivity index (χ1) is 19.3. The summed E-state index contributed by atoms with van der Waals surface area (Å²) in [6, 6.07) is 23.4. The zero-order chi connectivity index (χ0) is 28.8. The van der Waals surface area contributed by atoms with Crippen LogP contribution in [0.3, 0.4) is 0 Å². The molecule has 3 aromatic carbocycles. The molecule has 1 aromatic heterocycles. The Labute approximate surface area is 239 Å². The van der Waals surface area contributed by atoms with Gasteiger partial charge in [-0.3, -0.25) is 4.79 Å². The normalized spacial score (nSPS) is 11.3. The number of thioether (sulfide) groups is 1. The van der Waals surface area contributed by atoms with Crippen molar-refractivity contribution in [1.29, 1.82) is 5.26 Å². The van der Waals surface area contributed by atoms with E-state index >= 15 is 0 Å². The van der Waals surface area contributed by atoms with Crippen LogP contribution in [0, 0.1) is 25.2 Å². The molecule has 204 valence electrons. The second-order valence-electron chi connectivity index (χ2n) is 9.19. The van der Waals surface area contributed by atoms with E-state index < -0.39 is 5.25 Å². The van der Waals surface area contributed by atoms with E-state index in [4.69, 9.17) is 19.2 Å². The van der Waals surface area contributed by atoms with Gasteiger partial charge in [-0.2, -0.15) is 5.26 Å². The summed E-state index contributed by atoms with van der Waals surface area (Å²) in [7, 11) is 4.64. The lowest BCUT2D eigenvalue weighted by Gasteiger charge is -2.18. The molecular weight excluding hydrogens is 522 g/mol. The Bertz CT molecular complexity index is 1560. The molecule has 0 saturated carbocycles. The summed E-state index contributed by atoms with van der Waals surface area (Å²) in [5.41, 5.74) is 6.04. The molecule has 1 heterocycles. The summed E-state index contributed by atoms with van der Waals surface area (Å²) in [5.74, 6) is 1.21. The lowest BCUT2D eigenvalue weighted by molar-refractivity contribution is -0.115. The van der Waals surface area contributed by atoms with Crippen molar-refractivity contribution in [2.45, 2.75) is 31.0 Å². The van der Waals surface area contributed by atoms with Gasteiger partial charge in [0.05, 0.1) is 37.8 Å². The summed E-state index contributed by atoms with van der Waals surface area (Å²) in [6.07, 6.45) is 0. The number of pyridine rings is 1. The fourth-order valence-corrected chi connectivity index (χ4v) is 5.19. The van der Waals surface area contributed by atoms with Crippen molar-refractivity contribution in [3.05, 3.63) is 83.4 Å². The highest BCUT2D eigenvalue weighted by Gasteiger charge is 2.23. The number of hydrogen-bond donors (Lipinski definition) is 1. The first kappa shape index (κ1) is 28.5. The average molecular weight is 554 g/mol. The van der Waals surface area contributed by atoms with Gasteiger partial charge in [0.15, 0.2) is 11.5 Å². The lowest BCUT2D eigenvalue weighted by atomic mass is 9.98. The van der Waals surface area contributed by atoms with Crippen LogP contribution in [0.5, 0.6) is 17.2 Å². The maximum absolute atomic E-state index is 13.2. The molecule has 0 radical (unpaired) electrons. The Hall–Kier alpha value is -4.48. The second kappa shape index (κ2) is 12.6. The number of amides is 1. The maximum atomic E-state index is 13.2. The molecular formula is C32H31N3O4S. The number of benzene rings is 3. The Kier molecular flexibility index (Phi) is 8.97. The van der Waals surface area contributed by atoms with Gasteiger partial charge in [0.25, 0.3) is 0 Å². The van der Waals surface area contributed by atoms with Crippen molar-refractivity contribution in [2.24, 2.45) is 0 Å². The highest BCUT2D eigenvalue weighted by atomic mass is 32.2. The first-order valence-electron chi connectivity index (χ1n) is 12.6. The number of anilines is 1. The number of methoxy groups -OCH3 is 3. The molecule has 0 fully saturated rings. The van der Waals surface area contributed by atoms with E-state index in [1.54, 1.807) is 33.5 Å². The number of nitrogens with one attached hydrogen (secondary N) is 1. The molecule has 0 aliphatic carbocycles. The number of aryl methyl sites for hydroxylation is 2. The molecule has 4 aromatic rings. The van der Waals surface area contributed by atoms with Gasteiger partial charge in [-0.1, -0.05) is 54.2 Å². The van der Waals surface area contributed by atoms with E-state index in [1.807, 2.05) is 75.4 Å². The largest absolute Gasteiger partial charge is 0.493 e. The molecule has 1 amide bonds. The highest BCUT2D eigenvalue weighted by Crippen LogP contribution is 2.44. The molecule has 0 aliphatic rings. The molecule has 7 nitrogen and oxygen atoms in total. The number of aromatic nitrogens is 1. The van der Waals surface area contributed by atoms with Gasteiger partial charge in [0.2, 0.25) is 11.7 Å². The Balaban J connectivity index is 1.82. The number of nitriles is 1. The number of rotatable bonds is 9. The summed E-state index contributed by atoms with van der Waals surface area (Å²) in [5, 5.41) is 13.3. The van der Waals surface area contributed by atoms with Gasteiger partial charge in [0, 0.05) is 16.8 Å². The summed E-state index contributed by atoms with van der Waals surface area (Å²) < 4.78 is 16.6. The molecule has 0 spiro atoms. The van der Waals surface area contributed by atoms with Crippen molar-refractivity contribution < 1.29 is 19.0 Å². The minimum Gasteiger partial charge on any atom is -0.493 e. The van der Waals surface area contributed by atoms with Crippen LogP contribution in [-0.2, 0) is 4.79 Å². The zero-order valence-corrected chi connectivity index (χ0v) is 24.2. The van der Waals surface area contributed by atoms with Crippen LogP contribution in [0.25, 0.3) is 22.4 Å². The molecule has 0 aliphatic heterocycles. The van der Waals surface area contributed by atoms with Crippen molar-refractivity contribution in [1.82, 2.24) is 4.98 Å². The number of ether oxygens (including phenoxy) is 3. The van der Waals surface area contributed by atoms with E-state index in [9.17, 15) is 10.1 Å². The molecule has 1 atom stereocenters. The van der Waals surface area contributed by atoms with Gasteiger partial charge in [-0.25, -0.2) is 4.98 Å². The van der Waals surface area contributed by atoms with Crippen LogP contribution in [0.15, 0.2) is 71.8 Å². The second-order valence-corrected chi connectivity index (χ2v) is 10.5. The lowest BCUT2D eigenvalue weighted by Crippen LogP contribution is -2.23. The topological polar surface area (TPSA) is 93.5 Å². The fourth-order valence-electron chi connectivity index (χ4n) is 4.26. The van der Waals surface area contributed by atoms with Gasteiger partial charge in [0.1, 0.15) is 11.1 Å².